The van der Waals surface area contributed by atoms with Crippen LogP contribution in [0, 0.1) is 0 Å². The normalized spacial score (nSPS) is 11.0. The van der Waals surface area contributed by atoms with E-state index in [0.29, 0.717) is 12.1 Å². The molecule has 0 aliphatic heterocycles. The molecule has 0 radical (unpaired) electrons. The molecule has 0 spiro atoms. The summed E-state index contributed by atoms with van der Waals surface area (Å²) in [5.41, 5.74) is 9.53. The topological polar surface area (TPSA) is 136 Å². The Bertz CT molecular complexity index is 718. The molecular formula is C11H13N7O2S. The van der Waals surface area contributed by atoms with Gasteiger partial charge in [-0.3, -0.25) is 5.10 Å². The van der Waals surface area contributed by atoms with Crippen molar-refractivity contribution in [3.63, 3.8) is 0 Å². The number of hydrogen-bond donors (Lipinski definition) is 2. The van der Waals surface area contributed by atoms with Crippen molar-refractivity contribution in [2.24, 2.45) is 5.11 Å². The molecule has 0 fully saturated rings. The lowest BCUT2D eigenvalue weighted by Gasteiger charge is -2.06. The van der Waals surface area contributed by atoms with Crippen molar-refractivity contribution in [3.8, 4) is 11.3 Å². The molecule has 10 heteroatoms. The predicted octanol–water partition coefficient (Wildman–Crippen LogP) is 1.45. The van der Waals surface area contributed by atoms with E-state index in [1.54, 1.807) is 18.3 Å². The van der Waals surface area contributed by atoms with Gasteiger partial charge in [-0.15, -0.1) is 5.10 Å². The second-order valence-electron chi connectivity index (χ2n) is 4.09. The monoisotopic (exact) mass is 307 g/mol. The van der Waals surface area contributed by atoms with Crippen molar-refractivity contribution < 1.29 is 8.42 Å². The number of rotatable bonds is 7. The summed E-state index contributed by atoms with van der Waals surface area (Å²) in [6.45, 7) is 0.469. The molecular weight excluding hydrogens is 294 g/mol. The van der Waals surface area contributed by atoms with E-state index in [4.69, 9.17) is 5.53 Å². The number of aromatic amines is 1. The molecule has 1 aromatic heterocycles. The van der Waals surface area contributed by atoms with Gasteiger partial charge in [0.15, 0.2) is 0 Å². The first-order chi connectivity index (χ1) is 10.1. The van der Waals surface area contributed by atoms with Gasteiger partial charge in [0, 0.05) is 29.8 Å². The van der Waals surface area contributed by atoms with E-state index in [1.165, 1.54) is 12.1 Å². The van der Waals surface area contributed by atoms with E-state index in [2.05, 4.69) is 30.2 Å². The first-order valence-electron chi connectivity index (χ1n) is 6.11. The Morgan fingerprint density at radius 2 is 2.10 bits per heavy atom. The number of benzene rings is 1. The van der Waals surface area contributed by atoms with Gasteiger partial charge in [0.2, 0.25) is 10.0 Å². The Hall–Kier alpha value is -2.42. The van der Waals surface area contributed by atoms with E-state index in [9.17, 15) is 8.42 Å². The molecule has 0 saturated carbocycles. The van der Waals surface area contributed by atoms with Crippen LogP contribution in [0.15, 0.2) is 40.5 Å². The lowest BCUT2D eigenvalue weighted by molar-refractivity contribution is 0.579. The van der Waals surface area contributed by atoms with Gasteiger partial charge in [-0.1, -0.05) is 22.5 Å². The second-order valence-corrected chi connectivity index (χ2v) is 5.86. The standard InChI is InChI=1S/C11H13N7O2S/c12-17-13-6-1-7-15-21(19,20)10-4-2-9(3-5-10)11-8-14-18-16-11/h2-5,8,15H,1,6-7H2,(H,14,16,18). The molecule has 0 saturated heterocycles. The zero-order chi connectivity index (χ0) is 15.1. The van der Waals surface area contributed by atoms with E-state index in [-0.39, 0.29) is 18.0 Å². The van der Waals surface area contributed by atoms with Gasteiger partial charge in [0.25, 0.3) is 0 Å². The molecule has 0 aliphatic rings. The fourth-order valence-corrected chi connectivity index (χ4v) is 2.71. The summed E-state index contributed by atoms with van der Waals surface area (Å²) in [5, 5.41) is 13.4. The fourth-order valence-electron chi connectivity index (χ4n) is 1.63. The summed E-state index contributed by atoms with van der Waals surface area (Å²) in [6, 6.07) is 6.32. The third-order valence-corrected chi connectivity index (χ3v) is 4.14. The molecule has 0 amide bonds. The van der Waals surface area contributed by atoms with Crippen LogP contribution in [-0.4, -0.2) is 36.9 Å². The van der Waals surface area contributed by atoms with E-state index >= 15 is 0 Å². The van der Waals surface area contributed by atoms with Crippen molar-refractivity contribution in [2.45, 2.75) is 11.3 Å². The highest BCUT2D eigenvalue weighted by atomic mass is 32.2. The Morgan fingerprint density at radius 1 is 1.33 bits per heavy atom. The highest BCUT2D eigenvalue weighted by Crippen LogP contribution is 2.18. The summed E-state index contributed by atoms with van der Waals surface area (Å²) in [4.78, 5) is 2.76. The maximum absolute atomic E-state index is 12.0. The molecule has 21 heavy (non-hydrogen) atoms. The molecule has 2 aromatic rings. The average molecular weight is 307 g/mol. The fraction of sp³-hybridized carbons (Fsp3) is 0.273. The van der Waals surface area contributed by atoms with Gasteiger partial charge in [0.05, 0.1) is 4.90 Å². The largest absolute Gasteiger partial charge is 0.265 e. The number of azide groups is 1. The van der Waals surface area contributed by atoms with Crippen LogP contribution in [0.3, 0.4) is 0 Å². The Labute approximate surface area is 121 Å². The third kappa shape index (κ3) is 4.02. The first-order valence-corrected chi connectivity index (χ1v) is 7.59. The molecule has 2 rings (SSSR count). The second kappa shape index (κ2) is 6.84. The van der Waals surface area contributed by atoms with Crippen molar-refractivity contribution >= 4 is 10.0 Å². The van der Waals surface area contributed by atoms with E-state index in [1.807, 2.05) is 0 Å². The van der Waals surface area contributed by atoms with Crippen molar-refractivity contribution in [2.75, 3.05) is 13.1 Å². The summed E-state index contributed by atoms with van der Waals surface area (Å²) in [6.07, 6.45) is 2.07. The van der Waals surface area contributed by atoms with Gasteiger partial charge in [-0.05, 0) is 24.1 Å². The number of aromatic nitrogens is 3. The highest BCUT2D eigenvalue weighted by Gasteiger charge is 2.13. The third-order valence-electron chi connectivity index (χ3n) is 2.67. The summed E-state index contributed by atoms with van der Waals surface area (Å²) < 4.78 is 26.5. The number of H-pyrrole nitrogens is 1. The molecule has 0 bridgehead atoms. The first kappa shape index (κ1) is 15.0. The van der Waals surface area contributed by atoms with Crippen LogP contribution in [-0.2, 0) is 10.0 Å². The van der Waals surface area contributed by atoms with Gasteiger partial charge < -0.3 is 0 Å². The molecule has 0 aliphatic carbocycles. The van der Waals surface area contributed by atoms with Crippen LogP contribution in [0.2, 0.25) is 0 Å². The van der Waals surface area contributed by atoms with Gasteiger partial charge in [-0.25, -0.2) is 13.1 Å². The SMILES string of the molecule is [N-]=[N+]=NCCCNS(=O)(=O)c1ccc(-c2c[nH]nn2)cc1. The zero-order valence-electron chi connectivity index (χ0n) is 11.0. The molecule has 110 valence electrons. The van der Waals surface area contributed by atoms with Crippen LogP contribution in [0.4, 0.5) is 0 Å². The quantitative estimate of drug-likeness (QED) is 0.346. The van der Waals surface area contributed by atoms with Crippen LogP contribution in [0.25, 0.3) is 21.7 Å². The van der Waals surface area contributed by atoms with E-state index in [0.717, 1.165) is 5.56 Å². The molecule has 9 nitrogen and oxygen atoms in total. The van der Waals surface area contributed by atoms with Crippen LogP contribution in [0.5, 0.6) is 0 Å². The van der Waals surface area contributed by atoms with Crippen molar-refractivity contribution in [1.82, 2.24) is 20.1 Å². The predicted molar refractivity (Wildman–Crippen MR) is 75.6 cm³/mol. The minimum atomic E-state index is -3.56. The highest BCUT2D eigenvalue weighted by molar-refractivity contribution is 7.89. The molecule has 1 aromatic carbocycles. The Morgan fingerprint density at radius 3 is 2.71 bits per heavy atom. The van der Waals surface area contributed by atoms with E-state index < -0.39 is 10.0 Å². The average Bonchev–Trinajstić information content (AvgIpc) is 3.01. The van der Waals surface area contributed by atoms with Crippen molar-refractivity contribution in [1.29, 1.82) is 0 Å². The van der Waals surface area contributed by atoms with Gasteiger partial charge in [-0.2, -0.15) is 0 Å². The lowest BCUT2D eigenvalue weighted by atomic mass is 10.2. The van der Waals surface area contributed by atoms with Crippen molar-refractivity contribution in [3.05, 3.63) is 40.9 Å². The smallest absolute Gasteiger partial charge is 0.240 e. The van der Waals surface area contributed by atoms with Crippen LogP contribution < -0.4 is 4.72 Å². The molecule has 2 N–H and O–H groups in total. The van der Waals surface area contributed by atoms with Crippen LogP contribution >= 0.6 is 0 Å². The summed E-state index contributed by atoms with van der Waals surface area (Å²) in [7, 11) is -3.56. The minimum Gasteiger partial charge on any atom is -0.265 e. The Kier molecular flexibility index (Phi) is 4.88. The summed E-state index contributed by atoms with van der Waals surface area (Å²) in [5.74, 6) is 0. The van der Waals surface area contributed by atoms with Gasteiger partial charge in [0.1, 0.15) is 5.69 Å². The number of hydrogen-bond acceptors (Lipinski definition) is 5. The Balaban J connectivity index is 2.01. The number of nitrogens with one attached hydrogen (secondary N) is 2. The minimum absolute atomic E-state index is 0.165. The maximum Gasteiger partial charge on any atom is 0.240 e. The number of sulfonamides is 1. The lowest BCUT2D eigenvalue weighted by Crippen LogP contribution is -2.25. The van der Waals surface area contributed by atoms with Crippen LogP contribution in [0.1, 0.15) is 6.42 Å². The molecule has 0 unspecified atom stereocenters. The zero-order valence-corrected chi connectivity index (χ0v) is 11.8. The number of nitrogens with zero attached hydrogens (tertiary/aromatic N) is 5. The maximum atomic E-state index is 12.0. The molecule has 1 heterocycles. The summed E-state index contributed by atoms with van der Waals surface area (Å²) >= 11 is 0. The molecule has 0 atom stereocenters. The van der Waals surface area contributed by atoms with Gasteiger partial charge >= 0.3 is 0 Å².